The third kappa shape index (κ3) is 5.62. The van der Waals surface area contributed by atoms with Gasteiger partial charge in [0.15, 0.2) is 5.82 Å². The first-order chi connectivity index (χ1) is 18.5. The van der Waals surface area contributed by atoms with E-state index in [-0.39, 0.29) is 5.69 Å². The number of piperidine rings is 1. The molecule has 0 saturated carbocycles. The Morgan fingerprint density at radius 1 is 1.03 bits per heavy atom. The maximum atomic E-state index is 14.1. The highest BCUT2D eigenvalue weighted by molar-refractivity contribution is 5.83. The van der Waals surface area contributed by atoms with E-state index >= 15 is 0 Å². The summed E-state index contributed by atoms with van der Waals surface area (Å²) in [5.74, 6) is -0.829. The standard InChI is InChI=1S/C27H26F4N6O2/c1-27(2,39)24(38)21-11-20-22(13-32-21)35-25(23(34-20)17-12-33-37(14-17)26(30)31)36-7-5-15(6-8-36)9-16-3-4-18(28)10-19(16)29/h3-4,9-14,24,26,38-39H,5-8H2,1-2H3/t24-/m0/s1. The van der Waals surface area contributed by atoms with E-state index < -0.39 is 29.9 Å². The second-order valence-corrected chi connectivity index (χ2v) is 9.99. The summed E-state index contributed by atoms with van der Waals surface area (Å²) >= 11 is 0. The van der Waals surface area contributed by atoms with Crippen molar-refractivity contribution in [3.63, 3.8) is 0 Å². The van der Waals surface area contributed by atoms with Crippen LogP contribution in [0.5, 0.6) is 0 Å². The van der Waals surface area contributed by atoms with Crippen molar-refractivity contribution >= 4 is 22.9 Å². The molecule has 8 nitrogen and oxygen atoms in total. The zero-order valence-corrected chi connectivity index (χ0v) is 21.2. The fourth-order valence-corrected chi connectivity index (χ4v) is 4.45. The van der Waals surface area contributed by atoms with Crippen LogP contribution in [0.15, 0.2) is 48.4 Å². The Balaban J connectivity index is 1.50. The van der Waals surface area contributed by atoms with E-state index in [1.807, 2.05) is 4.90 Å². The molecule has 1 saturated heterocycles. The molecule has 3 aromatic heterocycles. The maximum absolute atomic E-state index is 14.1. The van der Waals surface area contributed by atoms with E-state index in [2.05, 4.69) is 10.1 Å². The Labute approximate surface area is 221 Å². The van der Waals surface area contributed by atoms with Gasteiger partial charge in [-0.2, -0.15) is 13.9 Å². The minimum absolute atomic E-state index is 0.187. The lowest BCUT2D eigenvalue weighted by molar-refractivity contribution is -0.0516. The van der Waals surface area contributed by atoms with Gasteiger partial charge in [0.25, 0.3) is 0 Å². The number of aromatic nitrogens is 5. The summed E-state index contributed by atoms with van der Waals surface area (Å²) in [6, 6.07) is 4.96. The minimum Gasteiger partial charge on any atom is -0.387 e. The molecule has 1 aliphatic rings. The Morgan fingerprint density at radius 3 is 2.41 bits per heavy atom. The molecule has 4 aromatic rings. The molecule has 1 fully saturated rings. The monoisotopic (exact) mass is 542 g/mol. The molecule has 0 unspecified atom stereocenters. The van der Waals surface area contributed by atoms with Crippen molar-refractivity contribution in [3.8, 4) is 11.3 Å². The van der Waals surface area contributed by atoms with E-state index in [1.54, 1.807) is 6.08 Å². The minimum atomic E-state index is -2.83. The predicted molar refractivity (Wildman–Crippen MR) is 137 cm³/mol. The van der Waals surface area contributed by atoms with Gasteiger partial charge in [0.2, 0.25) is 0 Å². The zero-order chi connectivity index (χ0) is 27.9. The molecule has 1 aliphatic heterocycles. The molecule has 5 rings (SSSR count). The Hall–Kier alpha value is -3.90. The van der Waals surface area contributed by atoms with Crippen LogP contribution in [0, 0.1) is 11.6 Å². The normalized spacial score (nSPS) is 15.3. The van der Waals surface area contributed by atoms with E-state index in [1.165, 1.54) is 50.6 Å². The van der Waals surface area contributed by atoms with Crippen molar-refractivity contribution < 1.29 is 27.8 Å². The van der Waals surface area contributed by atoms with E-state index in [0.717, 1.165) is 11.6 Å². The van der Waals surface area contributed by atoms with Crippen molar-refractivity contribution in [3.05, 3.63) is 71.3 Å². The third-order valence-corrected chi connectivity index (χ3v) is 6.60. The molecule has 1 atom stereocenters. The van der Waals surface area contributed by atoms with E-state index in [9.17, 15) is 27.8 Å². The number of rotatable bonds is 6. The summed E-state index contributed by atoms with van der Waals surface area (Å²) in [4.78, 5) is 15.6. The number of alkyl halides is 2. The van der Waals surface area contributed by atoms with Gasteiger partial charge < -0.3 is 15.1 Å². The highest BCUT2D eigenvalue weighted by Crippen LogP contribution is 2.34. The smallest absolute Gasteiger partial charge is 0.333 e. The number of aliphatic hydroxyl groups is 2. The van der Waals surface area contributed by atoms with Gasteiger partial charge in [-0.1, -0.05) is 11.6 Å². The number of hydrogen-bond donors (Lipinski definition) is 2. The number of hydrogen-bond acceptors (Lipinski definition) is 7. The van der Waals surface area contributed by atoms with Crippen molar-refractivity contribution in [1.29, 1.82) is 0 Å². The number of fused-ring (bicyclic) bond motifs is 1. The number of benzene rings is 1. The summed E-state index contributed by atoms with van der Waals surface area (Å²) in [6.07, 6.45) is 5.48. The summed E-state index contributed by atoms with van der Waals surface area (Å²) in [7, 11) is 0. The first-order valence-corrected chi connectivity index (χ1v) is 12.3. The van der Waals surface area contributed by atoms with Crippen LogP contribution >= 0.6 is 0 Å². The van der Waals surface area contributed by atoms with Crippen molar-refractivity contribution in [2.45, 2.75) is 44.9 Å². The maximum Gasteiger partial charge on any atom is 0.333 e. The summed E-state index contributed by atoms with van der Waals surface area (Å²) in [5, 5.41) is 24.4. The number of nitrogens with zero attached hydrogens (tertiary/aromatic N) is 6. The SMILES string of the molecule is CC(C)(O)[C@@H](O)c1cc2nc(-c3cnn(C(F)F)c3)c(N3CCC(=Cc4ccc(F)cc4F)CC3)nc2cn1. The lowest BCUT2D eigenvalue weighted by Crippen LogP contribution is -2.32. The highest BCUT2D eigenvalue weighted by atomic mass is 19.3. The average molecular weight is 543 g/mol. The number of pyridine rings is 1. The number of aliphatic hydroxyl groups excluding tert-OH is 1. The van der Waals surface area contributed by atoms with Gasteiger partial charge in [0.05, 0.1) is 29.2 Å². The van der Waals surface area contributed by atoms with Crippen LogP contribution in [0.3, 0.4) is 0 Å². The van der Waals surface area contributed by atoms with Crippen molar-refractivity contribution in [2.24, 2.45) is 0 Å². The van der Waals surface area contributed by atoms with Gasteiger partial charge in [-0.3, -0.25) is 4.98 Å². The quantitative estimate of drug-likeness (QED) is 0.329. The summed E-state index contributed by atoms with van der Waals surface area (Å²) < 4.78 is 54.5. The lowest BCUT2D eigenvalue weighted by atomic mass is 9.98. The van der Waals surface area contributed by atoms with Crippen LogP contribution in [-0.2, 0) is 0 Å². The number of anilines is 1. The Bertz CT molecular complexity index is 1540. The molecular weight excluding hydrogens is 516 g/mol. The molecule has 2 N–H and O–H groups in total. The molecule has 0 spiro atoms. The molecule has 39 heavy (non-hydrogen) atoms. The van der Waals surface area contributed by atoms with Crippen molar-refractivity contribution in [2.75, 3.05) is 18.0 Å². The molecule has 12 heteroatoms. The van der Waals surface area contributed by atoms with Gasteiger partial charge >= 0.3 is 6.55 Å². The fourth-order valence-electron chi connectivity index (χ4n) is 4.45. The average Bonchev–Trinajstić information content (AvgIpc) is 3.39. The lowest BCUT2D eigenvalue weighted by Gasteiger charge is -2.31. The summed E-state index contributed by atoms with van der Waals surface area (Å²) in [5.41, 5.74) is 1.44. The first kappa shape index (κ1) is 26.7. The molecule has 204 valence electrons. The van der Waals surface area contributed by atoms with Crippen LogP contribution in [0.25, 0.3) is 28.4 Å². The highest BCUT2D eigenvalue weighted by Gasteiger charge is 2.28. The second kappa shape index (κ2) is 10.3. The largest absolute Gasteiger partial charge is 0.387 e. The Kier molecular flexibility index (Phi) is 7.08. The van der Waals surface area contributed by atoms with Gasteiger partial charge in [-0.25, -0.2) is 23.4 Å². The zero-order valence-electron chi connectivity index (χ0n) is 21.2. The molecular formula is C27H26F4N6O2. The molecule has 0 aliphatic carbocycles. The van der Waals surface area contributed by atoms with E-state index in [0.29, 0.717) is 64.3 Å². The molecule has 0 amide bonds. The van der Waals surface area contributed by atoms with Gasteiger partial charge in [0, 0.05) is 36.5 Å². The molecule has 0 bridgehead atoms. The van der Waals surface area contributed by atoms with Gasteiger partial charge in [-0.05, 0) is 44.9 Å². The number of halogens is 4. The Morgan fingerprint density at radius 2 is 1.77 bits per heavy atom. The van der Waals surface area contributed by atoms with Crippen molar-refractivity contribution in [1.82, 2.24) is 24.7 Å². The predicted octanol–water partition coefficient (Wildman–Crippen LogP) is 5.05. The molecule has 1 aromatic carbocycles. The van der Waals surface area contributed by atoms with Gasteiger partial charge in [-0.15, -0.1) is 0 Å². The first-order valence-electron chi connectivity index (χ1n) is 12.3. The fraction of sp³-hybridized carbons (Fsp3) is 0.333. The van der Waals surface area contributed by atoms with Crippen LogP contribution in [0.2, 0.25) is 0 Å². The molecule has 0 radical (unpaired) electrons. The molecule has 4 heterocycles. The summed E-state index contributed by atoms with van der Waals surface area (Å²) in [6.45, 7) is 1.06. The third-order valence-electron chi connectivity index (χ3n) is 6.60. The van der Waals surface area contributed by atoms with Crippen LogP contribution in [-0.4, -0.2) is 53.6 Å². The topological polar surface area (TPSA) is 100 Å². The van der Waals surface area contributed by atoms with Crippen LogP contribution < -0.4 is 4.90 Å². The van der Waals surface area contributed by atoms with Crippen LogP contribution in [0.1, 0.15) is 50.6 Å². The second-order valence-electron chi connectivity index (χ2n) is 9.99. The van der Waals surface area contributed by atoms with E-state index in [4.69, 9.17) is 9.97 Å². The van der Waals surface area contributed by atoms with Crippen LogP contribution in [0.4, 0.5) is 23.4 Å². The van der Waals surface area contributed by atoms with Gasteiger partial charge in [0.1, 0.15) is 28.9 Å².